The van der Waals surface area contributed by atoms with Crippen molar-refractivity contribution in [1.82, 2.24) is 19.2 Å². The number of hydrogen-bond acceptors (Lipinski definition) is 3. The lowest BCUT2D eigenvalue weighted by Crippen LogP contribution is -2.14. The zero-order valence-electron chi connectivity index (χ0n) is 16.2. The van der Waals surface area contributed by atoms with Gasteiger partial charge in [0.1, 0.15) is 11.3 Å². The van der Waals surface area contributed by atoms with E-state index in [4.69, 9.17) is 0 Å². The Morgan fingerprint density at radius 3 is 2.77 bits per heavy atom. The molecule has 6 nitrogen and oxygen atoms in total. The molecule has 0 saturated carbocycles. The molecule has 0 aliphatic rings. The van der Waals surface area contributed by atoms with Gasteiger partial charge >= 0.3 is 0 Å². The van der Waals surface area contributed by atoms with Crippen molar-refractivity contribution in [3.05, 3.63) is 103 Å². The van der Waals surface area contributed by atoms with Crippen LogP contribution in [-0.4, -0.2) is 25.1 Å². The van der Waals surface area contributed by atoms with Gasteiger partial charge < -0.3 is 5.32 Å². The summed E-state index contributed by atoms with van der Waals surface area (Å²) < 4.78 is 3.70. The first-order valence-electron chi connectivity index (χ1n) is 9.62. The number of amides is 1. The second-order valence-corrected chi connectivity index (χ2v) is 7.02. The number of anilines is 1. The number of carbonyl (C=O) groups is 1. The lowest BCUT2D eigenvalue weighted by molar-refractivity contribution is 0.102. The summed E-state index contributed by atoms with van der Waals surface area (Å²) in [5.41, 5.74) is 4.97. The lowest BCUT2D eigenvalue weighted by Gasteiger charge is -2.08. The Labute approximate surface area is 173 Å². The Morgan fingerprint density at radius 2 is 1.93 bits per heavy atom. The Balaban J connectivity index is 1.46. The fourth-order valence-electron chi connectivity index (χ4n) is 3.57. The summed E-state index contributed by atoms with van der Waals surface area (Å²) in [4.78, 5) is 17.3. The third-order valence-electron chi connectivity index (χ3n) is 5.12. The summed E-state index contributed by atoms with van der Waals surface area (Å²) in [5, 5.41) is 8.43. The number of aromatic nitrogens is 4. The van der Waals surface area contributed by atoms with Crippen LogP contribution in [0.25, 0.3) is 22.6 Å². The first-order chi connectivity index (χ1) is 14.7. The quantitative estimate of drug-likeness (QED) is 0.474. The molecule has 0 bridgehead atoms. The van der Waals surface area contributed by atoms with E-state index in [0.29, 0.717) is 17.9 Å². The molecule has 6 heteroatoms. The van der Waals surface area contributed by atoms with Crippen molar-refractivity contribution in [2.45, 2.75) is 6.54 Å². The van der Waals surface area contributed by atoms with Crippen molar-refractivity contribution in [2.75, 3.05) is 5.32 Å². The number of benzene rings is 2. The number of nitrogens with zero attached hydrogens (tertiary/aromatic N) is 4. The van der Waals surface area contributed by atoms with Crippen molar-refractivity contribution >= 4 is 34.2 Å². The molecule has 0 atom stereocenters. The molecular formula is C24H19N5O. The fourth-order valence-corrected chi connectivity index (χ4v) is 3.57. The fraction of sp³-hybridized carbons (Fsp3) is 0.0417. The highest BCUT2D eigenvalue weighted by atomic mass is 16.1. The molecule has 3 aromatic heterocycles. The zero-order valence-corrected chi connectivity index (χ0v) is 16.2. The number of imidazole rings is 1. The van der Waals surface area contributed by atoms with Crippen molar-refractivity contribution in [1.29, 1.82) is 0 Å². The van der Waals surface area contributed by atoms with Crippen LogP contribution >= 0.6 is 0 Å². The molecule has 0 radical (unpaired) electrons. The maximum Gasteiger partial charge on any atom is 0.274 e. The lowest BCUT2D eigenvalue weighted by atomic mass is 10.2. The molecule has 0 saturated heterocycles. The molecule has 1 N–H and O–H groups in total. The Kier molecular flexibility index (Phi) is 4.37. The first-order valence-corrected chi connectivity index (χ1v) is 9.62. The molecule has 3 heterocycles. The van der Waals surface area contributed by atoms with Crippen LogP contribution in [-0.2, 0) is 6.54 Å². The highest BCUT2D eigenvalue weighted by molar-refractivity contribution is 6.08. The topological polar surface area (TPSA) is 64.2 Å². The van der Waals surface area contributed by atoms with E-state index in [1.54, 1.807) is 22.9 Å². The van der Waals surface area contributed by atoms with Crippen molar-refractivity contribution in [3.63, 3.8) is 0 Å². The molecule has 0 unspecified atom stereocenters. The van der Waals surface area contributed by atoms with E-state index in [2.05, 4.69) is 34.1 Å². The van der Waals surface area contributed by atoms with Gasteiger partial charge in [0.2, 0.25) is 0 Å². The highest BCUT2D eigenvalue weighted by Crippen LogP contribution is 2.24. The minimum Gasteiger partial charge on any atom is -0.320 e. The molecule has 0 fully saturated rings. The Bertz CT molecular complexity index is 1380. The van der Waals surface area contributed by atoms with Gasteiger partial charge in [0.05, 0.1) is 30.1 Å². The molecular weight excluding hydrogens is 374 g/mol. The second-order valence-electron chi connectivity index (χ2n) is 7.02. The smallest absolute Gasteiger partial charge is 0.274 e. The summed E-state index contributed by atoms with van der Waals surface area (Å²) in [5.74, 6) is -0.225. The number of rotatable bonds is 5. The average molecular weight is 393 g/mol. The van der Waals surface area contributed by atoms with Gasteiger partial charge in [0.15, 0.2) is 0 Å². The molecule has 5 aromatic rings. The number of carbonyl (C=O) groups excluding carboxylic acids is 1. The molecule has 0 aliphatic heterocycles. The summed E-state index contributed by atoms with van der Waals surface area (Å²) in [7, 11) is 0. The van der Waals surface area contributed by atoms with Crippen molar-refractivity contribution < 1.29 is 4.79 Å². The van der Waals surface area contributed by atoms with E-state index < -0.39 is 0 Å². The summed E-state index contributed by atoms with van der Waals surface area (Å²) in [6, 6.07) is 19.8. The molecule has 146 valence electrons. The van der Waals surface area contributed by atoms with Crippen LogP contribution in [0.1, 0.15) is 21.6 Å². The van der Waals surface area contributed by atoms with Crippen molar-refractivity contribution in [3.8, 4) is 0 Å². The van der Waals surface area contributed by atoms with Gasteiger partial charge in [0, 0.05) is 11.6 Å². The van der Waals surface area contributed by atoms with Gasteiger partial charge in [-0.1, -0.05) is 49.1 Å². The average Bonchev–Trinajstić information content (AvgIpc) is 3.39. The number of nitrogens with one attached hydrogen (secondary N) is 1. The van der Waals surface area contributed by atoms with E-state index in [0.717, 1.165) is 22.2 Å². The van der Waals surface area contributed by atoms with Gasteiger partial charge in [-0.3, -0.25) is 13.9 Å². The predicted molar refractivity (Wildman–Crippen MR) is 119 cm³/mol. The largest absolute Gasteiger partial charge is 0.320 e. The third-order valence-corrected chi connectivity index (χ3v) is 5.12. The van der Waals surface area contributed by atoms with Gasteiger partial charge in [-0.15, -0.1) is 0 Å². The van der Waals surface area contributed by atoms with E-state index in [-0.39, 0.29) is 5.91 Å². The second kappa shape index (κ2) is 7.33. The number of pyridine rings is 1. The SMILES string of the molecule is C=Cc1ccn2c(C(=O)Nc3cccc4c3cnn4Cc3ccccc3)cnc2c1. The van der Waals surface area contributed by atoms with E-state index in [1.165, 1.54) is 5.56 Å². The van der Waals surface area contributed by atoms with Crippen LogP contribution in [0, 0.1) is 0 Å². The van der Waals surface area contributed by atoms with E-state index in [9.17, 15) is 4.79 Å². The summed E-state index contributed by atoms with van der Waals surface area (Å²) in [6.45, 7) is 4.44. The molecule has 0 spiro atoms. The maximum absolute atomic E-state index is 13.0. The molecule has 0 aliphatic carbocycles. The van der Waals surface area contributed by atoms with E-state index in [1.807, 2.05) is 59.4 Å². The van der Waals surface area contributed by atoms with Gasteiger partial charge in [-0.25, -0.2) is 4.98 Å². The van der Waals surface area contributed by atoms with Crippen molar-refractivity contribution in [2.24, 2.45) is 0 Å². The van der Waals surface area contributed by atoms with Crippen LogP contribution in [0.15, 0.2) is 85.8 Å². The maximum atomic E-state index is 13.0. The standard InChI is InChI=1S/C24H19N5O/c1-2-17-11-12-28-22(15-25-23(28)13-17)24(30)27-20-9-6-10-21-19(20)14-26-29(21)16-18-7-4-3-5-8-18/h2-15H,1,16H2,(H,27,30). The van der Waals surface area contributed by atoms with Crippen LogP contribution in [0.5, 0.6) is 0 Å². The molecule has 2 aromatic carbocycles. The normalized spacial score (nSPS) is 11.1. The molecule has 1 amide bonds. The van der Waals surface area contributed by atoms with Gasteiger partial charge in [-0.2, -0.15) is 5.10 Å². The van der Waals surface area contributed by atoms with Gasteiger partial charge in [0.25, 0.3) is 5.91 Å². The molecule has 5 rings (SSSR count). The van der Waals surface area contributed by atoms with Gasteiger partial charge in [-0.05, 0) is 35.4 Å². The Hall–Kier alpha value is -4.19. The highest BCUT2D eigenvalue weighted by Gasteiger charge is 2.15. The zero-order chi connectivity index (χ0) is 20.5. The van der Waals surface area contributed by atoms with E-state index >= 15 is 0 Å². The monoisotopic (exact) mass is 393 g/mol. The molecule has 30 heavy (non-hydrogen) atoms. The Morgan fingerprint density at radius 1 is 1.07 bits per heavy atom. The predicted octanol–water partition coefficient (Wildman–Crippen LogP) is 4.63. The number of fused-ring (bicyclic) bond motifs is 2. The minimum atomic E-state index is -0.225. The summed E-state index contributed by atoms with van der Waals surface area (Å²) in [6.07, 6.45) is 6.95. The number of hydrogen-bond donors (Lipinski definition) is 1. The summed E-state index contributed by atoms with van der Waals surface area (Å²) >= 11 is 0. The van der Waals surface area contributed by atoms with Crippen LogP contribution in [0.4, 0.5) is 5.69 Å². The van der Waals surface area contributed by atoms with Crippen LogP contribution in [0.3, 0.4) is 0 Å². The van der Waals surface area contributed by atoms with Crippen LogP contribution in [0.2, 0.25) is 0 Å². The first kappa shape index (κ1) is 17.9. The minimum absolute atomic E-state index is 0.225. The van der Waals surface area contributed by atoms with Crippen LogP contribution < -0.4 is 5.32 Å². The third kappa shape index (κ3) is 3.14.